The second kappa shape index (κ2) is 6.97. The summed E-state index contributed by atoms with van der Waals surface area (Å²) in [5, 5.41) is 0. The molecule has 2 unspecified atom stereocenters. The van der Waals surface area contributed by atoms with E-state index in [4.69, 9.17) is 4.74 Å². The average molecular weight is 366 g/mol. The van der Waals surface area contributed by atoms with Crippen LogP contribution in [0.4, 0.5) is 0 Å². The van der Waals surface area contributed by atoms with E-state index in [-0.39, 0.29) is 10.6 Å². The van der Waals surface area contributed by atoms with Gasteiger partial charge in [-0.25, -0.2) is 0 Å². The van der Waals surface area contributed by atoms with Gasteiger partial charge in [0.1, 0.15) is 5.75 Å². The van der Waals surface area contributed by atoms with Crippen LogP contribution in [0.25, 0.3) is 0 Å². The van der Waals surface area contributed by atoms with Gasteiger partial charge < -0.3 is 9.64 Å². The molecule has 0 bridgehead atoms. The predicted molar refractivity (Wildman–Crippen MR) is 94.1 cm³/mol. The molecule has 1 aromatic rings. The highest BCUT2D eigenvalue weighted by Crippen LogP contribution is 2.44. The lowest BCUT2D eigenvalue weighted by atomic mass is 9.65. The number of methoxy groups -OCH3 is 1. The van der Waals surface area contributed by atoms with Crippen LogP contribution in [0.5, 0.6) is 5.75 Å². The molecule has 1 aromatic carbocycles. The van der Waals surface area contributed by atoms with E-state index in [0.717, 1.165) is 30.7 Å². The van der Waals surface area contributed by atoms with Crippen molar-refractivity contribution in [1.82, 2.24) is 4.90 Å². The highest BCUT2D eigenvalue weighted by Gasteiger charge is 2.46. The molecule has 0 fully saturated rings. The van der Waals surface area contributed by atoms with Crippen LogP contribution < -0.4 is 4.74 Å². The Bertz CT molecular complexity index is 570. The minimum atomic E-state index is -0.512. The highest BCUT2D eigenvalue weighted by molar-refractivity contribution is 9.10. The van der Waals surface area contributed by atoms with Gasteiger partial charge in [0.2, 0.25) is 0 Å². The van der Waals surface area contributed by atoms with Crippen LogP contribution in [0.1, 0.15) is 24.0 Å². The van der Waals surface area contributed by atoms with Gasteiger partial charge in [0, 0.05) is 0 Å². The summed E-state index contributed by atoms with van der Waals surface area (Å²) in [6, 6.07) is 6.09. The van der Waals surface area contributed by atoms with Gasteiger partial charge in [-0.3, -0.25) is 4.79 Å². The van der Waals surface area contributed by atoms with Crippen molar-refractivity contribution < 1.29 is 9.53 Å². The van der Waals surface area contributed by atoms with Crippen molar-refractivity contribution in [3.8, 4) is 5.75 Å². The molecule has 0 aromatic heterocycles. The van der Waals surface area contributed by atoms with E-state index in [1.807, 2.05) is 32.3 Å². The number of nitrogens with zero attached hydrogens (tertiary/aromatic N) is 1. The second-order valence-corrected chi connectivity index (χ2v) is 7.29. The summed E-state index contributed by atoms with van der Waals surface area (Å²) in [4.78, 5) is 15.0. The summed E-state index contributed by atoms with van der Waals surface area (Å²) in [5.41, 5.74) is 1.82. The van der Waals surface area contributed by atoms with E-state index < -0.39 is 5.41 Å². The molecule has 0 heterocycles. The van der Waals surface area contributed by atoms with Crippen molar-refractivity contribution in [3.05, 3.63) is 42.0 Å². The van der Waals surface area contributed by atoms with Crippen LogP contribution in [0.2, 0.25) is 0 Å². The predicted octanol–water partition coefficient (Wildman–Crippen LogP) is 3.35. The summed E-state index contributed by atoms with van der Waals surface area (Å²) in [7, 11) is 5.73. The van der Waals surface area contributed by atoms with Crippen molar-refractivity contribution in [2.45, 2.75) is 29.5 Å². The van der Waals surface area contributed by atoms with Crippen molar-refractivity contribution >= 4 is 21.7 Å². The monoisotopic (exact) mass is 365 g/mol. The number of hydrogen-bond acceptors (Lipinski definition) is 3. The SMILES string of the molecule is C=CCC1(CCN(C)C)C(=O)C(Br)Cc2ccc(OC)cc21. The molecule has 0 spiro atoms. The Labute approximate surface area is 141 Å². The maximum absolute atomic E-state index is 13.1. The zero-order valence-electron chi connectivity index (χ0n) is 13.6. The Morgan fingerprint density at radius 3 is 2.82 bits per heavy atom. The number of rotatable bonds is 6. The van der Waals surface area contributed by atoms with Crippen molar-refractivity contribution in [3.63, 3.8) is 0 Å². The van der Waals surface area contributed by atoms with Gasteiger partial charge in [-0.2, -0.15) is 0 Å². The molecule has 4 heteroatoms. The topological polar surface area (TPSA) is 29.5 Å². The molecular formula is C18H24BrNO2. The fourth-order valence-electron chi connectivity index (χ4n) is 3.26. The molecule has 3 nitrogen and oxygen atoms in total. The van der Waals surface area contributed by atoms with Crippen LogP contribution >= 0.6 is 15.9 Å². The second-order valence-electron chi connectivity index (χ2n) is 6.19. The summed E-state index contributed by atoms with van der Waals surface area (Å²) in [6.07, 6.45) is 4.04. The van der Waals surface area contributed by atoms with E-state index in [1.165, 1.54) is 5.56 Å². The number of alkyl halides is 1. The van der Waals surface area contributed by atoms with Crippen LogP contribution in [0.3, 0.4) is 0 Å². The molecule has 0 saturated carbocycles. The molecule has 0 radical (unpaired) electrons. The summed E-state index contributed by atoms with van der Waals surface area (Å²) in [5.74, 6) is 1.06. The molecule has 1 aliphatic rings. The maximum Gasteiger partial charge on any atom is 0.157 e. The number of ether oxygens (including phenoxy) is 1. The number of benzene rings is 1. The molecule has 0 saturated heterocycles. The summed E-state index contributed by atoms with van der Waals surface area (Å²) in [6.45, 7) is 4.75. The van der Waals surface area contributed by atoms with Gasteiger partial charge in [0.05, 0.1) is 17.4 Å². The Kier molecular flexibility index (Phi) is 5.45. The van der Waals surface area contributed by atoms with Crippen molar-refractivity contribution in [2.75, 3.05) is 27.7 Å². The molecule has 22 heavy (non-hydrogen) atoms. The van der Waals surface area contributed by atoms with E-state index >= 15 is 0 Å². The lowest BCUT2D eigenvalue weighted by Crippen LogP contribution is -2.47. The Morgan fingerprint density at radius 2 is 2.23 bits per heavy atom. The number of fused-ring (bicyclic) bond motifs is 1. The first-order chi connectivity index (χ1) is 10.4. The highest BCUT2D eigenvalue weighted by atomic mass is 79.9. The van der Waals surface area contributed by atoms with E-state index in [9.17, 15) is 4.79 Å². The molecule has 0 amide bonds. The van der Waals surface area contributed by atoms with Gasteiger partial charge in [-0.15, -0.1) is 6.58 Å². The van der Waals surface area contributed by atoms with Gasteiger partial charge in [0.15, 0.2) is 5.78 Å². The lowest BCUT2D eigenvalue weighted by molar-refractivity contribution is -0.124. The zero-order chi connectivity index (χ0) is 16.3. The Hall–Kier alpha value is -1.13. The number of carbonyl (C=O) groups excluding carboxylic acids is 1. The minimum absolute atomic E-state index is 0.129. The normalized spacial score (nSPS) is 24.2. The summed E-state index contributed by atoms with van der Waals surface area (Å²) >= 11 is 3.58. The van der Waals surface area contributed by atoms with Crippen LogP contribution in [0, 0.1) is 0 Å². The third-order valence-corrected chi connectivity index (χ3v) is 5.21. The Morgan fingerprint density at radius 1 is 1.50 bits per heavy atom. The fourth-order valence-corrected chi connectivity index (χ4v) is 4.04. The first kappa shape index (κ1) is 17.2. The number of Topliss-reactive ketones (excluding diaryl/α,β-unsaturated/α-hetero) is 1. The molecule has 1 aliphatic carbocycles. The van der Waals surface area contributed by atoms with E-state index in [2.05, 4.69) is 33.5 Å². The largest absolute Gasteiger partial charge is 0.497 e. The third-order valence-electron chi connectivity index (χ3n) is 4.47. The number of hydrogen-bond donors (Lipinski definition) is 0. The van der Waals surface area contributed by atoms with Crippen molar-refractivity contribution in [1.29, 1.82) is 0 Å². The van der Waals surface area contributed by atoms with Gasteiger partial charge in [-0.1, -0.05) is 28.1 Å². The number of allylic oxidation sites excluding steroid dienone is 1. The first-order valence-electron chi connectivity index (χ1n) is 7.56. The molecule has 2 rings (SSSR count). The molecule has 0 aliphatic heterocycles. The van der Waals surface area contributed by atoms with Gasteiger partial charge >= 0.3 is 0 Å². The third kappa shape index (κ3) is 3.13. The molecule has 2 atom stereocenters. The quantitative estimate of drug-likeness (QED) is 0.571. The molecule has 120 valence electrons. The smallest absolute Gasteiger partial charge is 0.157 e. The molecule has 0 N–H and O–H groups in total. The van der Waals surface area contributed by atoms with E-state index in [0.29, 0.717) is 6.42 Å². The van der Waals surface area contributed by atoms with Crippen LogP contribution in [-0.2, 0) is 16.6 Å². The van der Waals surface area contributed by atoms with Gasteiger partial charge in [0.25, 0.3) is 0 Å². The minimum Gasteiger partial charge on any atom is -0.497 e. The summed E-state index contributed by atoms with van der Waals surface area (Å²) < 4.78 is 5.38. The average Bonchev–Trinajstić information content (AvgIpc) is 2.50. The molecular weight excluding hydrogens is 342 g/mol. The first-order valence-corrected chi connectivity index (χ1v) is 8.47. The number of carbonyl (C=O) groups is 1. The fraction of sp³-hybridized carbons (Fsp3) is 0.500. The van der Waals surface area contributed by atoms with Crippen LogP contribution in [-0.4, -0.2) is 43.3 Å². The van der Waals surface area contributed by atoms with E-state index in [1.54, 1.807) is 7.11 Å². The van der Waals surface area contributed by atoms with Crippen LogP contribution in [0.15, 0.2) is 30.9 Å². The number of ketones is 1. The zero-order valence-corrected chi connectivity index (χ0v) is 15.1. The standard InChI is InChI=1S/C18H24BrNO2/c1-5-8-18(9-10-20(2)3)15-12-14(22-4)7-6-13(15)11-16(19)17(18)21/h5-7,12,16H,1,8-11H2,2-4H3. The lowest BCUT2D eigenvalue weighted by Gasteiger charge is -2.40. The number of halogens is 1. The van der Waals surface area contributed by atoms with Gasteiger partial charge in [-0.05, 0) is 63.2 Å². The maximum atomic E-state index is 13.1. The van der Waals surface area contributed by atoms with Crippen molar-refractivity contribution in [2.24, 2.45) is 0 Å². The Balaban J connectivity index is 2.57.